The Balaban J connectivity index is 1.42. The summed E-state index contributed by atoms with van der Waals surface area (Å²) in [7, 11) is 0. The number of carbonyl (C=O) groups excluding carboxylic acids is 1. The van der Waals surface area contributed by atoms with Crippen molar-refractivity contribution in [3.05, 3.63) is 35.4 Å². The number of hydrogen-bond acceptors (Lipinski definition) is 5. The monoisotopic (exact) mass is 342 g/mol. The molecule has 0 bridgehead atoms. The molecule has 1 aromatic carbocycles. The highest BCUT2D eigenvalue weighted by molar-refractivity contribution is 5.78. The third kappa shape index (κ3) is 5.02. The molecule has 2 aliphatic rings. The zero-order valence-electron chi connectivity index (χ0n) is 14.9. The highest BCUT2D eigenvalue weighted by atomic mass is 16.5. The predicted octanol–water partition coefficient (Wildman–Crippen LogP) is 0.923. The Bertz CT molecular complexity index is 617. The summed E-state index contributed by atoms with van der Waals surface area (Å²) in [6.45, 7) is 9.25. The third-order valence-corrected chi connectivity index (χ3v) is 4.91. The molecule has 2 saturated heterocycles. The quantitative estimate of drug-likeness (QED) is 0.814. The number of carbonyl (C=O) groups is 1. The van der Waals surface area contributed by atoms with E-state index in [0.717, 1.165) is 32.7 Å². The number of rotatable bonds is 4. The summed E-state index contributed by atoms with van der Waals surface area (Å²) < 4.78 is 5.50. The number of ether oxygens (including phenoxy) is 1. The molecule has 0 aromatic heterocycles. The van der Waals surface area contributed by atoms with Crippen molar-refractivity contribution in [2.75, 3.05) is 52.4 Å². The van der Waals surface area contributed by atoms with Crippen LogP contribution in [0.25, 0.3) is 0 Å². The average Bonchev–Trinajstić information content (AvgIpc) is 2.64. The summed E-state index contributed by atoms with van der Waals surface area (Å²) in [5.74, 6) is 0.218. The van der Waals surface area contributed by atoms with Gasteiger partial charge < -0.3 is 9.64 Å². The maximum Gasteiger partial charge on any atom is 0.236 e. The maximum absolute atomic E-state index is 12.4. The standard InChI is InChI=1S/C19H26N4O2/c1-16-13-23(10-11-25-16)19(24)15-22-8-6-21(7-9-22)14-18-4-2-17(12-20)3-5-18/h2-5,16H,6-11,13-15H2,1H3. The Morgan fingerprint density at radius 2 is 1.84 bits per heavy atom. The summed E-state index contributed by atoms with van der Waals surface area (Å²) in [4.78, 5) is 19.0. The summed E-state index contributed by atoms with van der Waals surface area (Å²) >= 11 is 0. The van der Waals surface area contributed by atoms with Gasteiger partial charge in [0.15, 0.2) is 0 Å². The Morgan fingerprint density at radius 3 is 2.48 bits per heavy atom. The molecule has 3 rings (SSSR count). The van der Waals surface area contributed by atoms with Crippen molar-refractivity contribution in [2.45, 2.75) is 19.6 Å². The van der Waals surface area contributed by atoms with E-state index < -0.39 is 0 Å². The second-order valence-electron chi connectivity index (χ2n) is 6.88. The van der Waals surface area contributed by atoms with E-state index in [2.05, 4.69) is 15.9 Å². The molecule has 0 radical (unpaired) electrons. The number of hydrogen-bond donors (Lipinski definition) is 0. The highest BCUT2D eigenvalue weighted by Crippen LogP contribution is 2.11. The zero-order chi connectivity index (χ0) is 17.6. The predicted molar refractivity (Wildman–Crippen MR) is 94.9 cm³/mol. The first-order chi connectivity index (χ1) is 12.1. The first-order valence-corrected chi connectivity index (χ1v) is 8.97. The van der Waals surface area contributed by atoms with Gasteiger partial charge in [-0.2, -0.15) is 5.26 Å². The molecule has 6 heteroatoms. The topological polar surface area (TPSA) is 59.8 Å². The van der Waals surface area contributed by atoms with Gasteiger partial charge >= 0.3 is 0 Å². The van der Waals surface area contributed by atoms with Crippen molar-refractivity contribution in [1.82, 2.24) is 14.7 Å². The van der Waals surface area contributed by atoms with Crippen molar-refractivity contribution in [3.63, 3.8) is 0 Å². The van der Waals surface area contributed by atoms with Crippen LogP contribution in [-0.4, -0.2) is 79.1 Å². The number of amides is 1. The molecule has 1 atom stereocenters. The fourth-order valence-corrected chi connectivity index (χ4v) is 3.38. The normalized spacial score (nSPS) is 22.6. The van der Waals surface area contributed by atoms with Crippen LogP contribution in [0.3, 0.4) is 0 Å². The third-order valence-electron chi connectivity index (χ3n) is 4.91. The second-order valence-corrected chi connectivity index (χ2v) is 6.88. The minimum absolute atomic E-state index is 0.141. The Morgan fingerprint density at radius 1 is 1.16 bits per heavy atom. The van der Waals surface area contributed by atoms with Gasteiger partial charge in [0, 0.05) is 45.8 Å². The lowest BCUT2D eigenvalue weighted by molar-refractivity contribution is -0.139. The molecule has 6 nitrogen and oxygen atoms in total. The van der Waals surface area contributed by atoms with Gasteiger partial charge in [-0.15, -0.1) is 0 Å². The number of piperazine rings is 1. The molecule has 0 N–H and O–H groups in total. The molecule has 134 valence electrons. The van der Waals surface area contributed by atoms with Crippen molar-refractivity contribution >= 4 is 5.91 Å². The van der Waals surface area contributed by atoms with Gasteiger partial charge in [0.05, 0.1) is 30.9 Å². The van der Waals surface area contributed by atoms with Crippen LogP contribution in [0.4, 0.5) is 0 Å². The zero-order valence-corrected chi connectivity index (χ0v) is 14.9. The summed E-state index contributed by atoms with van der Waals surface area (Å²) in [5, 5.41) is 8.86. The lowest BCUT2D eigenvalue weighted by Gasteiger charge is -2.37. The Hall–Kier alpha value is -1.94. The van der Waals surface area contributed by atoms with E-state index >= 15 is 0 Å². The fraction of sp³-hybridized carbons (Fsp3) is 0.579. The van der Waals surface area contributed by atoms with E-state index in [1.165, 1.54) is 5.56 Å². The van der Waals surface area contributed by atoms with Gasteiger partial charge in [0.2, 0.25) is 5.91 Å². The van der Waals surface area contributed by atoms with Gasteiger partial charge in [-0.1, -0.05) is 12.1 Å². The van der Waals surface area contributed by atoms with Crippen molar-refractivity contribution in [1.29, 1.82) is 5.26 Å². The van der Waals surface area contributed by atoms with Gasteiger partial charge in [0.25, 0.3) is 0 Å². The summed E-state index contributed by atoms with van der Waals surface area (Å²) in [6.07, 6.45) is 0.141. The minimum Gasteiger partial charge on any atom is -0.375 e. The summed E-state index contributed by atoms with van der Waals surface area (Å²) in [5.41, 5.74) is 1.93. The van der Waals surface area contributed by atoms with Gasteiger partial charge in [-0.3, -0.25) is 14.6 Å². The first kappa shape index (κ1) is 17.9. The minimum atomic E-state index is 0.141. The van der Waals surface area contributed by atoms with Crippen molar-refractivity contribution in [3.8, 4) is 6.07 Å². The van der Waals surface area contributed by atoms with E-state index in [1.54, 1.807) is 0 Å². The molecule has 25 heavy (non-hydrogen) atoms. The molecular weight excluding hydrogens is 316 g/mol. The maximum atomic E-state index is 12.4. The lowest BCUT2D eigenvalue weighted by Crippen LogP contribution is -2.52. The van der Waals surface area contributed by atoms with E-state index in [4.69, 9.17) is 10.00 Å². The molecule has 0 aliphatic carbocycles. The largest absolute Gasteiger partial charge is 0.375 e. The summed E-state index contributed by atoms with van der Waals surface area (Å²) in [6, 6.07) is 9.93. The number of nitrogens with zero attached hydrogens (tertiary/aromatic N) is 4. The van der Waals surface area contributed by atoms with Crippen LogP contribution in [0.15, 0.2) is 24.3 Å². The van der Waals surface area contributed by atoms with Gasteiger partial charge in [-0.05, 0) is 24.6 Å². The molecule has 2 heterocycles. The molecule has 2 aliphatic heterocycles. The van der Waals surface area contributed by atoms with Crippen LogP contribution in [0.5, 0.6) is 0 Å². The van der Waals surface area contributed by atoms with Crippen LogP contribution in [0.2, 0.25) is 0 Å². The molecular formula is C19H26N4O2. The SMILES string of the molecule is CC1CN(C(=O)CN2CCN(Cc3ccc(C#N)cc3)CC2)CCO1. The molecule has 0 spiro atoms. The molecule has 1 aromatic rings. The first-order valence-electron chi connectivity index (χ1n) is 8.97. The van der Waals surface area contributed by atoms with E-state index in [-0.39, 0.29) is 12.0 Å². The number of benzene rings is 1. The second kappa shape index (κ2) is 8.43. The van der Waals surface area contributed by atoms with Crippen LogP contribution in [0.1, 0.15) is 18.1 Å². The molecule has 1 unspecified atom stereocenters. The Kier molecular flexibility index (Phi) is 6.03. The van der Waals surface area contributed by atoms with Gasteiger partial charge in [-0.25, -0.2) is 0 Å². The van der Waals surface area contributed by atoms with E-state index in [1.807, 2.05) is 36.1 Å². The lowest BCUT2D eigenvalue weighted by atomic mass is 10.1. The molecule has 0 saturated carbocycles. The van der Waals surface area contributed by atoms with Crippen molar-refractivity contribution in [2.24, 2.45) is 0 Å². The number of morpholine rings is 1. The fourth-order valence-electron chi connectivity index (χ4n) is 3.38. The van der Waals surface area contributed by atoms with Crippen LogP contribution < -0.4 is 0 Å². The highest BCUT2D eigenvalue weighted by Gasteiger charge is 2.25. The molecule has 1 amide bonds. The van der Waals surface area contributed by atoms with Gasteiger partial charge in [0.1, 0.15) is 0 Å². The Labute approximate surface area is 149 Å². The van der Waals surface area contributed by atoms with Crippen LogP contribution in [0, 0.1) is 11.3 Å². The van der Waals surface area contributed by atoms with Crippen molar-refractivity contribution < 1.29 is 9.53 Å². The average molecular weight is 342 g/mol. The van der Waals surface area contributed by atoms with Crippen LogP contribution >= 0.6 is 0 Å². The molecule has 2 fully saturated rings. The number of nitriles is 1. The van der Waals surface area contributed by atoms with Crippen LogP contribution in [-0.2, 0) is 16.1 Å². The van der Waals surface area contributed by atoms with E-state index in [9.17, 15) is 4.79 Å². The smallest absolute Gasteiger partial charge is 0.236 e. The van der Waals surface area contributed by atoms with E-state index in [0.29, 0.717) is 31.8 Å².